The molecule has 6 nitrogen and oxygen atoms in total. The molecule has 0 spiro atoms. The van der Waals surface area contributed by atoms with Gasteiger partial charge in [0.25, 0.3) is 0 Å². The van der Waals surface area contributed by atoms with Crippen molar-refractivity contribution in [3.63, 3.8) is 0 Å². The van der Waals surface area contributed by atoms with Gasteiger partial charge in [-0.15, -0.1) is 5.10 Å². The number of rotatable bonds is 7. The summed E-state index contributed by atoms with van der Waals surface area (Å²) in [4.78, 5) is 17.4. The van der Waals surface area contributed by atoms with Crippen molar-refractivity contribution in [2.45, 2.75) is 19.0 Å². The van der Waals surface area contributed by atoms with Crippen molar-refractivity contribution in [1.29, 1.82) is 0 Å². The van der Waals surface area contributed by atoms with Crippen LogP contribution in [-0.4, -0.2) is 38.4 Å². The van der Waals surface area contributed by atoms with E-state index in [1.165, 1.54) is 23.9 Å². The van der Waals surface area contributed by atoms with Gasteiger partial charge in [0, 0.05) is 27.7 Å². The standard InChI is InChI=1S/C23H20ClFN4O2S/c1-13-10-18(14(2)29(13)17-7-5-16(25)6-8-17)20(30)12-32-23-26-22(27-28-23)19-11-15(24)4-9-21(19)31-3/h4-11H,12H2,1-3H3,(H,26,27,28). The number of ketones is 1. The maximum atomic E-state index is 13.3. The Bertz CT molecular complexity index is 1280. The Kier molecular flexibility index (Phi) is 6.34. The molecular formula is C23H20ClFN4O2S. The number of benzene rings is 2. The van der Waals surface area contributed by atoms with Crippen molar-refractivity contribution in [2.24, 2.45) is 0 Å². The van der Waals surface area contributed by atoms with E-state index < -0.39 is 0 Å². The van der Waals surface area contributed by atoms with Crippen molar-refractivity contribution in [3.05, 3.63) is 76.3 Å². The van der Waals surface area contributed by atoms with Gasteiger partial charge < -0.3 is 9.30 Å². The molecule has 0 amide bonds. The second kappa shape index (κ2) is 9.18. The lowest BCUT2D eigenvalue weighted by atomic mass is 10.2. The lowest BCUT2D eigenvalue weighted by Crippen LogP contribution is -2.05. The molecular weight excluding hydrogens is 451 g/mol. The molecule has 4 aromatic rings. The van der Waals surface area contributed by atoms with Gasteiger partial charge in [0.05, 0.1) is 18.4 Å². The molecule has 2 heterocycles. The molecule has 32 heavy (non-hydrogen) atoms. The first-order valence-electron chi connectivity index (χ1n) is 9.74. The summed E-state index contributed by atoms with van der Waals surface area (Å²) in [5, 5.41) is 8.07. The average Bonchev–Trinajstić information content (AvgIpc) is 3.37. The van der Waals surface area contributed by atoms with Crippen molar-refractivity contribution in [1.82, 2.24) is 19.7 Å². The number of hydrogen-bond donors (Lipinski definition) is 1. The molecule has 0 radical (unpaired) electrons. The lowest BCUT2D eigenvalue weighted by Gasteiger charge is -2.09. The third-order valence-corrected chi connectivity index (χ3v) is 6.11. The van der Waals surface area contributed by atoms with Crippen LogP contribution in [0.25, 0.3) is 17.1 Å². The summed E-state index contributed by atoms with van der Waals surface area (Å²) in [7, 11) is 1.57. The van der Waals surface area contributed by atoms with Gasteiger partial charge in [-0.1, -0.05) is 23.4 Å². The fourth-order valence-electron chi connectivity index (χ4n) is 3.54. The highest BCUT2D eigenvalue weighted by molar-refractivity contribution is 7.99. The van der Waals surface area contributed by atoms with E-state index in [4.69, 9.17) is 16.3 Å². The van der Waals surface area contributed by atoms with E-state index in [1.54, 1.807) is 37.4 Å². The van der Waals surface area contributed by atoms with Crippen LogP contribution in [0.5, 0.6) is 5.75 Å². The lowest BCUT2D eigenvalue weighted by molar-refractivity contribution is 0.102. The number of ether oxygens (including phenoxy) is 1. The van der Waals surface area contributed by atoms with E-state index >= 15 is 0 Å². The van der Waals surface area contributed by atoms with E-state index in [0.29, 0.717) is 32.9 Å². The zero-order valence-electron chi connectivity index (χ0n) is 17.6. The first-order valence-corrected chi connectivity index (χ1v) is 11.1. The van der Waals surface area contributed by atoms with Crippen LogP contribution in [0.2, 0.25) is 5.02 Å². The molecule has 2 aromatic carbocycles. The van der Waals surface area contributed by atoms with E-state index in [2.05, 4.69) is 15.2 Å². The van der Waals surface area contributed by atoms with E-state index in [1.807, 2.05) is 24.5 Å². The number of thioether (sulfide) groups is 1. The number of carbonyl (C=O) groups is 1. The minimum absolute atomic E-state index is 0.0388. The number of nitrogens with one attached hydrogen (secondary N) is 1. The third-order valence-electron chi connectivity index (χ3n) is 5.03. The van der Waals surface area contributed by atoms with Crippen LogP contribution in [0.15, 0.2) is 53.7 Å². The molecule has 1 N–H and O–H groups in total. The van der Waals surface area contributed by atoms with Gasteiger partial charge in [-0.25, -0.2) is 9.37 Å². The highest BCUT2D eigenvalue weighted by Crippen LogP contribution is 2.31. The van der Waals surface area contributed by atoms with Gasteiger partial charge in [0.2, 0.25) is 5.16 Å². The highest BCUT2D eigenvalue weighted by atomic mass is 35.5. The molecule has 0 saturated carbocycles. The van der Waals surface area contributed by atoms with Crippen LogP contribution in [-0.2, 0) is 0 Å². The van der Waals surface area contributed by atoms with Crippen LogP contribution >= 0.6 is 23.4 Å². The maximum Gasteiger partial charge on any atom is 0.209 e. The first kappa shape index (κ1) is 22.1. The zero-order chi connectivity index (χ0) is 22.8. The van der Waals surface area contributed by atoms with Crippen molar-refractivity contribution in [3.8, 4) is 22.8 Å². The predicted octanol–water partition coefficient (Wildman–Crippen LogP) is 5.66. The van der Waals surface area contributed by atoms with Gasteiger partial charge in [0.1, 0.15) is 11.6 Å². The van der Waals surface area contributed by atoms with Gasteiger partial charge in [-0.2, -0.15) is 0 Å². The second-order valence-electron chi connectivity index (χ2n) is 7.12. The van der Waals surface area contributed by atoms with E-state index in [0.717, 1.165) is 17.1 Å². The molecule has 164 valence electrons. The van der Waals surface area contributed by atoms with Crippen molar-refractivity contribution < 1.29 is 13.9 Å². The quantitative estimate of drug-likeness (QED) is 0.279. The molecule has 4 rings (SSSR count). The molecule has 0 atom stereocenters. The Morgan fingerprint density at radius 3 is 2.66 bits per heavy atom. The zero-order valence-corrected chi connectivity index (χ0v) is 19.2. The number of carbonyl (C=O) groups excluding carboxylic acids is 1. The van der Waals surface area contributed by atoms with E-state index in [9.17, 15) is 9.18 Å². The smallest absolute Gasteiger partial charge is 0.209 e. The summed E-state index contributed by atoms with van der Waals surface area (Å²) in [6.45, 7) is 3.80. The topological polar surface area (TPSA) is 72.8 Å². The monoisotopic (exact) mass is 470 g/mol. The summed E-state index contributed by atoms with van der Waals surface area (Å²) < 4.78 is 20.6. The highest BCUT2D eigenvalue weighted by Gasteiger charge is 2.18. The molecule has 0 fully saturated rings. The van der Waals surface area contributed by atoms with Crippen LogP contribution in [0.4, 0.5) is 4.39 Å². The second-order valence-corrected chi connectivity index (χ2v) is 8.50. The number of halogens is 2. The largest absolute Gasteiger partial charge is 0.496 e. The Morgan fingerprint density at radius 2 is 1.94 bits per heavy atom. The molecule has 0 unspecified atom stereocenters. The maximum absolute atomic E-state index is 13.3. The Morgan fingerprint density at radius 1 is 1.19 bits per heavy atom. The average molecular weight is 471 g/mol. The van der Waals surface area contributed by atoms with Crippen LogP contribution in [0.1, 0.15) is 21.7 Å². The summed E-state index contributed by atoms with van der Waals surface area (Å²) >= 11 is 7.34. The van der Waals surface area contributed by atoms with Crippen LogP contribution in [0, 0.1) is 19.7 Å². The minimum atomic E-state index is -0.301. The normalized spacial score (nSPS) is 11.0. The molecule has 2 aromatic heterocycles. The van der Waals surface area contributed by atoms with Gasteiger partial charge in [-0.05, 0) is 62.4 Å². The molecule has 0 aliphatic rings. The molecule has 0 aliphatic heterocycles. The summed E-state index contributed by atoms with van der Waals surface area (Å²) in [5.74, 6) is 0.964. The van der Waals surface area contributed by atoms with Gasteiger partial charge in [0.15, 0.2) is 11.6 Å². The Hall–Kier alpha value is -3.10. The Balaban J connectivity index is 1.50. The number of H-pyrrole nitrogens is 1. The van der Waals surface area contributed by atoms with Crippen molar-refractivity contribution in [2.75, 3.05) is 12.9 Å². The number of Topliss-reactive ketones (excluding diaryl/α,β-unsaturated/α-hetero) is 1. The number of aryl methyl sites for hydroxylation is 1. The molecule has 0 aliphatic carbocycles. The summed E-state index contributed by atoms with van der Waals surface area (Å²) in [6.07, 6.45) is 0. The fourth-order valence-corrected chi connectivity index (χ4v) is 4.39. The minimum Gasteiger partial charge on any atom is -0.496 e. The number of methoxy groups -OCH3 is 1. The number of nitrogens with zero attached hydrogens (tertiary/aromatic N) is 3. The molecule has 9 heteroatoms. The van der Waals surface area contributed by atoms with Gasteiger partial charge >= 0.3 is 0 Å². The van der Waals surface area contributed by atoms with E-state index in [-0.39, 0.29) is 17.4 Å². The van der Waals surface area contributed by atoms with Gasteiger partial charge in [-0.3, -0.25) is 9.89 Å². The summed E-state index contributed by atoms with van der Waals surface area (Å²) in [6, 6.07) is 13.3. The number of aromatic nitrogens is 4. The first-order chi connectivity index (χ1) is 15.4. The van der Waals surface area contributed by atoms with Crippen LogP contribution < -0.4 is 4.74 Å². The Labute approximate surface area is 193 Å². The number of hydrogen-bond acceptors (Lipinski definition) is 5. The predicted molar refractivity (Wildman–Crippen MR) is 124 cm³/mol. The SMILES string of the molecule is COc1ccc(Cl)cc1-c1nc(SCC(=O)c2cc(C)n(-c3ccc(F)cc3)c2C)n[nH]1. The van der Waals surface area contributed by atoms with Crippen LogP contribution in [0.3, 0.4) is 0 Å². The third kappa shape index (κ3) is 4.42. The van der Waals surface area contributed by atoms with Crippen molar-refractivity contribution >= 4 is 29.1 Å². The fraction of sp³-hybridized carbons (Fsp3) is 0.174. The molecule has 0 saturated heterocycles. The molecule has 0 bridgehead atoms. The number of aromatic amines is 1. The summed E-state index contributed by atoms with van der Waals surface area (Å²) in [5.41, 5.74) is 3.82.